The maximum atomic E-state index is 12.7. The lowest BCUT2D eigenvalue weighted by Gasteiger charge is -2.20. The smallest absolute Gasteiger partial charge is 0.462 e. The Morgan fingerprint density at radius 1 is 0.485 bits per heavy atom. The molecule has 14 nitrogen and oxygen atoms in total. The Labute approximate surface area is 399 Å². The fourth-order valence-electron chi connectivity index (χ4n) is 6.80. The molecule has 0 rings (SSSR count). The number of phosphoric ester groups is 2. The van der Waals surface area contributed by atoms with Gasteiger partial charge in [0.1, 0.15) is 12.7 Å². The van der Waals surface area contributed by atoms with Crippen molar-refractivity contribution >= 4 is 27.6 Å². The number of ether oxygens (including phenoxy) is 2. The van der Waals surface area contributed by atoms with Crippen LogP contribution in [0.15, 0.2) is 48.6 Å². The van der Waals surface area contributed by atoms with Crippen LogP contribution in [0.1, 0.15) is 207 Å². The van der Waals surface area contributed by atoms with Gasteiger partial charge in [-0.05, 0) is 63.7 Å². The molecular formula is C50H92O14P2. The first-order valence-corrected chi connectivity index (χ1v) is 28.3. The van der Waals surface area contributed by atoms with Gasteiger partial charge in [0.25, 0.3) is 0 Å². The molecular weight excluding hydrogens is 886 g/mol. The normalized spacial score (nSPS) is 14.8. The minimum absolute atomic E-state index is 0.0428. The van der Waals surface area contributed by atoms with Crippen molar-refractivity contribution in [1.82, 2.24) is 0 Å². The maximum absolute atomic E-state index is 12.7. The third-order valence-electron chi connectivity index (χ3n) is 10.8. The monoisotopic (exact) mass is 979 g/mol. The molecule has 5 N–H and O–H groups in total. The molecule has 0 aromatic rings. The predicted molar refractivity (Wildman–Crippen MR) is 264 cm³/mol. The van der Waals surface area contributed by atoms with E-state index in [9.17, 15) is 33.8 Å². The first kappa shape index (κ1) is 64.0. The highest BCUT2D eigenvalue weighted by Gasteiger charge is 2.28. The number of hydrogen-bond donors (Lipinski definition) is 5. The fraction of sp³-hybridized carbons (Fsp3) is 0.800. The van der Waals surface area contributed by atoms with Crippen LogP contribution in [0.5, 0.6) is 0 Å². The van der Waals surface area contributed by atoms with Crippen LogP contribution in [0.25, 0.3) is 0 Å². The molecule has 0 aromatic carbocycles. The summed E-state index contributed by atoms with van der Waals surface area (Å²) in [6, 6.07) is 0. The van der Waals surface area contributed by atoms with Crippen molar-refractivity contribution in [2.75, 3.05) is 26.4 Å². The van der Waals surface area contributed by atoms with E-state index in [1.54, 1.807) is 0 Å². The Balaban J connectivity index is 4.47. The van der Waals surface area contributed by atoms with Gasteiger partial charge in [0.15, 0.2) is 6.10 Å². The van der Waals surface area contributed by atoms with Crippen LogP contribution in [0, 0.1) is 5.92 Å². The molecule has 0 aliphatic heterocycles. The molecule has 0 fully saturated rings. The number of allylic oxidation sites excluding steroid dienone is 8. The van der Waals surface area contributed by atoms with Gasteiger partial charge in [-0.15, -0.1) is 0 Å². The number of rotatable bonds is 47. The lowest BCUT2D eigenvalue weighted by molar-refractivity contribution is -0.161. The largest absolute Gasteiger partial charge is 0.472 e. The van der Waals surface area contributed by atoms with Crippen LogP contribution >= 0.6 is 15.6 Å². The third-order valence-corrected chi connectivity index (χ3v) is 12.2. The summed E-state index contributed by atoms with van der Waals surface area (Å²) in [5.41, 5.74) is 0. The van der Waals surface area contributed by atoms with Crippen molar-refractivity contribution in [2.24, 2.45) is 5.92 Å². The van der Waals surface area contributed by atoms with E-state index < -0.39 is 66.2 Å². The van der Waals surface area contributed by atoms with Crippen molar-refractivity contribution in [3.63, 3.8) is 0 Å². The number of aliphatic hydroxyl groups is 2. The minimum Gasteiger partial charge on any atom is -0.462 e. The molecule has 66 heavy (non-hydrogen) atoms. The van der Waals surface area contributed by atoms with E-state index in [1.807, 2.05) is 19.1 Å². The Hall–Kier alpha value is -1.96. The lowest BCUT2D eigenvalue weighted by Crippen LogP contribution is -2.29. The number of aliphatic hydroxyl groups excluding tert-OH is 2. The van der Waals surface area contributed by atoms with Crippen LogP contribution in [0.3, 0.4) is 0 Å². The number of carbonyl (C=O) groups excluding carboxylic acids is 2. The Morgan fingerprint density at radius 3 is 1.39 bits per heavy atom. The van der Waals surface area contributed by atoms with Crippen molar-refractivity contribution in [1.29, 1.82) is 0 Å². The molecule has 0 aromatic heterocycles. The van der Waals surface area contributed by atoms with Crippen molar-refractivity contribution in [2.45, 2.75) is 225 Å². The highest BCUT2D eigenvalue weighted by atomic mass is 31.2. The van der Waals surface area contributed by atoms with Gasteiger partial charge >= 0.3 is 27.6 Å². The number of carbonyl (C=O) groups is 2. The second-order valence-corrected chi connectivity index (χ2v) is 20.4. The van der Waals surface area contributed by atoms with E-state index in [2.05, 4.69) is 54.8 Å². The highest BCUT2D eigenvalue weighted by Crippen LogP contribution is 2.44. The molecule has 0 saturated heterocycles. The van der Waals surface area contributed by atoms with Crippen LogP contribution in [0.4, 0.5) is 0 Å². The molecule has 0 aliphatic rings. The molecule has 16 heteroatoms. The summed E-state index contributed by atoms with van der Waals surface area (Å²) in [5.74, 6) is -0.279. The molecule has 0 heterocycles. The molecule has 0 aliphatic carbocycles. The van der Waals surface area contributed by atoms with Gasteiger partial charge in [-0.25, -0.2) is 9.13 Å². The number of esters is 2. The van der Waals surface area contributed by atoms with Crippen molar-refractivity contribution in [3.05, 3.63) is 48.6 Å². The lowest BCUT2D eigenvalue weighted by atomic mass is 10.0. The second-order valence-electron chi connectivity index (χ2n) is 17.7. The molecule has 0 saturated carbocycles. The highest BCUT2D eigenvalue weighted by molar-refractivity contribution is 7.47. The summed E-state index contributed by atoms with van der Waals surface area (Å²) >= 11 is 0. The van der Waals surface area contributed by atoms with Gasteiger partial charge in [-0.1, -0.05) is 185 Å². The molecule has 0 amide bonds. The Morgan fingerprint density at radius 2 is 0.909 bits per heavy atom. The second kappa shape index (κ2) is 44.3. The van der Waals surface area contributed by atoms with Gasteiger partial charge in [0, 0.05) is 12.8 Å². The summed E-state index contributed by atoms with van der Waals surface area (Å²) in [6.07, 6.45) is 43.4. The Bertz CT molecular complexity index is 1380. The van der Waals surface area contributed by atoms with E-state index in [0.717, 1.165) is 63.7 Å². The van der Waals surface area contributed by atoms with E-state index in [1.165, 1.54) is 96.3 Å². The van der Waals surface area contributed by atoms with Crippen molar-refractivity contribution < 1.29 is 66.7 Å². The summed E-state index contributed by atoms with van der Waals surface area (Å²) < 4.78 is 47.9. The van der Waals surface area contributed by atoms with Crippen LogP contribution in [-0.4, -0.2) is 81.6 Å². The average molecular weight is 979 g/mol. The van der Waals surface area contributed by atoms with E-state index >= 15 is 0 Å². The number of hydrogen-bond acceptors (Lipinski definition) is 11. The maximum Gasteiger partial charge on any atom is 0.472 e. The van der Waals surface area contributed by atoms with Gasteiger partial charge in [0.2, 0.25) is 0 Å². The standard InChI is InChI=1S/C50H92O14P2/c1-4-46(51)38-34-30-26-22-18-14-11-12-16-20-24-28-32-36-40-50(54)64-48(44-63-66(58,59)62-42-47(52)41-61-65(55,56)57)43-60-49(53)39-35-31-27-23-19-15-10-8-6-5-7-9-13-17-21-25-29-33-37-45(2)3/h12,14,16,18,24,26,28,30,45-48,51-52H,4-11,13,15,17,19-23,25,27,29,31-44H2,1-3H3,(H,58,59)(H2,55,56,57)/b16-12-,18-14-,28-24-,30-26-/t46-,47+,48-/m1/s1. The number of phosphoric acid groups is 2. The summed E-state index contributed by atoms with van der Waals surface area (Å²) in [4.78, 5) is 52.9. The van der Waals surface area contributed by atoms with E-state index in [0.29, 0.717) is 19.3 Å². The summed E-state index contributed by atoms with van der Waals surface area (Å²) in [5, 5.41) is 19.3. The topological polar surface area (TPSA) is 216 Å². The quantitative estimate of drug-likeness (QED) is 0.0166. The molecule has 0 radical (unpaired) electrons. The third kappa shape index (κ3) is 48.5. The molecule has 1 unspecified atom stereocenters. The first-order chi connectivity index (χ1) is 31.6. The Kier molecular flexibility index (Phi) is 42.9. The summed E-state index contributed by atoms with van der Waals surface area (Å²) in [7, 11) is -9.71. The van der Waals surface area contributed by atoms with Gasteiger partial charge in [-0.2, -0.15) is 0 Å². The van der Waals surface area contributed by atoms with Gasteiger partial charge < -0.3 is 34.4 Å². The van der Waals surface area contributed by atoms with Gasteiger partial charge in [0.05, 0.1) is 25.9 Å². The zero-order valence-electron chi connectivity index (χ0n) is 41.1. The zero-order chi connectivity index (χ0) is 49.0. The van der Waals surface area contributed by atoms with Crippen LogP contribution < -0.4 is 0 Å². The number of unbranched alkanes of at least 4 members (excludes halogenated alkanes) is 18. The van der Waals surface area contributed by atoms with Crippen LogP contribution in [0.2, 0.25) is 0 Å². The SMILES string of the molecule is CC[C@@H](O)CC/C=C\C/C=C\C/C=C\C/C=C\CCCC(=O)O[C@H](COC(=O)CCCCCCCCCCCCCCCCCCCCC(C)C)COP(=O)(O)OC[C@@H](O)COP(=O)(O)O. The van der Waals surface area contributed by atoms with Gasteiger partial charge in [-0.3, -0.25) is 23.2 Å². The molecule has 0 spiro atoms. The zero-order valence-corrected chi connectivity index (χ0v) is 42.9. The molecule has 0 bridgehead atoms. The molecule has 4 atom stereocenters. The first-order valence-electron chi connectivity index (χ1n) is 25.3. The fourth-order valence-corrected chi connectivity index (χ4v) is 7.96. The van der Waals surface area contributed by atoms with Crippen LogP contribution in [-0.2, 0) is 41.8 Å². The summed E-state index contributed by atoms with van der Waals surface area (Å²) in [6.45, 7) is 3.79. The van der Waals surface area contributed by atoms with E-state index in [4.69, 9.17) is 28.3 Å². The minimum atomic E-state index is -4.88. The van der Waals surface area contributed by atoms with Crippen molar-refractivity contribution in [3.8, 4) is 0 Å². The predicted octanol–water partition coefficient (Wildman–Crippen LogP) is 12.6. The average Bonchev–Trinajstić information content (AvgIpc) is 3.27. The molecule has 386 valence electrons. The van der Waals surface area contributed by atoms with E-state index in [-0.39, 0.29) is 18.9 Å².